The number of carboxylic acids is 1. The van der Waals surface area contributed by atoms with E-state index in [1.54, 1.807) is 6.92 Å². The van der Waals surface area contributed by atoms with Crippen molar-refractivity contribution in [2.24, 2.45) is 0 Å². The van der Waals surface area contributed by atoms with Crippen molar-refractivity contribution in [3.05, 3.63) is 40.6 Å². The highest BCUT2D eigenvalue weighted by Gasteiger charge is 2.19. The molecule has 88 valence electrons. The monoisotopic (exact) mass is 231 g/mol. The third-order valence-electron chi connectivity index (χ3n) is 2.90. The van der Waals surface area contributed by atoms with E-state index in [1.165, 1.54) is 5.56 Å². The van der Waals surface area contributed by atoms with Gasteiger partial charge in [0.1, 0.15) is 5.69 Å². The highest BCUT2D eigenvalue weighted by atomic mass is 16.5. The van der Waals surface area contributed by atoms with Crippen molar-refractivity contribution in [1.29, 1.82) is 0 Å². The van der Waals surface area contributed by atoms with Gasteiger partial charge in [-0.1, -0.05) is 17.3 Å². The number of hydrogen-bond donors (Lipinski definition) is 1. The van der Waals surface area contributed by atoms with Gasteiger partial charge >= 0.3 is 5.97 Å². The zero-order chi connectivity index (χ0) is 12.6. The molecule has 0 amide bonds. The number of aromatic carboxylic acids is 1. The molecule has 1 heterocycles. The van der Waals surface area contributed by atoms with Crippen LogP contribution >= 0.6 is 0 Å². The minimum atomic E-state index is -1.09. The molecule has 0 atom stereocenters. The van der Waals surface area contributed by atoms with Gasteiger partial charge in [-0.25, -0.2) is 4.79 Å². The van der Waals surface area contributed by atoms with Gasteiger partial charge in [-0.15, -0.1) is 0 Å². The summed E-state index contributed by atoms with van der Waals surface area (Å²) in [7, 11) is 0. The number of benzene rings is 1. The van der Waals surface area contributed by atoms with Crippen molar-refractivity contribution in [1.82, 2.24) is 5.16 Å². The second-order valence-corrected chi connectivity index (χ2v) is 4.09. The van der Waals surface area contributed by atoms with E-state index < -0.39 is 5.97 Å². The number of rotatable bonds is 2. The largest absolute Gasteiger partial charge is 0.475 e. The fourth-order valence-electron chi connectivity index (χ4n) is 1.69. The van der Waals surface area contributed by atoms with Crippen LogP contribution in [0.1, 0.15) is 27.2 Å². The molecule has 0 aliphatic carbocycles. The fourth-order valence-corrected chi connectivity index (χ4v) is 1.69. The molecule has 0 radical (unpaired) electrons. The van der Waals surface area contributed by atoms with Gasteiger partial charge in [0, 0.05) is 11.1 Å². The average Bonchev–Trinajstić information content (AvgIpc) is 2.64. The third kappa shape index (κ3) is 1.93. The predicted molar refractivity (Wildman–Crippen MR) is 63.1 cm³/mol. The van der Waals surface area contributed by atoms with E-state index in [2.05, 4.69) is 5.16 Å². The molecule has 17 heavy (non-hydrogen) atoms. The van der Waals surface area contributed by atoms with Crippen molar-refractivity contribution in [3.8, 4) is 11.3 Å². The summed E-state index contributed by atoms with van der Waals surface area (Å²) in [6.45, 7) is 5.73. The van der Waals surface area contributed by atoms with Gasteiger partial charge in [-0.2, -0.15) is 0 Å². The van der Waals surface area contributed by atoms with Crippen molar-refractivity contribution >= 4 is 5.97 Å². The van der Waals surface area contributed by atoms with Crippen LogP contribution in [0.4, 0.5) is 0 Å². The SMILES string of the molecule is Cc1ccc(-c2noc(C(=O)O)c2C)cc1C. The Morgan fingerprint density at radius 3 is 2.47 bits per heavy atom. The van der Waals surface area contributed by atoms with Crippen molar-refractivity contribution < 1.29 is 14.4 Å². The van der Waals surface area contributed by atoms with Gasteiger partial charge < -0.3 is 9.63 Å². The molecule has 4 nitrogen and oxygen atoms in total. The summed E-state index contributed by atoms with van der Waals surface area (Å²) < 4.78 is 4.83. The number of carbonyl (C=O) groups is 1. The molecule has 4 heteroatoms. The quantitative estimate of drug-likeness (QED) is 0.863. The number of aryl methyl sites for hydroxylation is 2. The maximum atomic E-state index is 10.9. The second-order valence-electron chi connectivity index (χ2n) is 4.09. The van der Waals surface area contributed by atoms with Crippen LogP contribution in [0.25, 0.3) is 11.3 Å². The predicted octanol–water partition coefficient (Wildman–Crippen LogP) is 2.97. The lowest BCUT2D eigenvalue weighted by Gasteiger charge is -2.02. The molecule has 2 rings (SSSR count). The van der Waals surface area contributed by atoms with Crippen LogP contribution < -0.4 is 0 Å². The highest BCUT2D eigenvalue weighted by molar-refractivity contribution is 5.88. The summed E-state index contributed by atoms with van der Waals surface area (Å²) in [6.07, 6.45) is 0. The highest BCUT2D eigenvalue weighted by Crippen LogP contribution is 2.26. The second kappa shape index (κ2) is 4.05. The molecule has 0 saturated carbocycles. The van der Waals surface area contributed by atoms with Gasteiger partial charge in [0.25, 0.3) is 0 Å². The van der Waals surface area contributed by atoms with Crippen LogP contribution in [0.5, 0.6) is 0 Å². The Morgan fingerprint density at radius 1 is 1.24 bits per heavy atom. The van der Waals surface area contributed by atoms with Crippen LogP contribution in [-0.4, -0.2) is 16.2 Å². The summed E-state index contributed by atoms with van der Waals surface area (Å²) in [5.41, 5.74) is 4.35. The number of carboxylic acid groups (broad SMARTS) is 1. The molecule has 0 fully saturated rings. The summed E-state index contributed by atoms with van der Waals surface area (Å²) in [4.78, 5) is 10.9. The van der Waals surface area contributed by atoms with Gasteiger partial charge in [-0.05, 0) is 38.0 Å². The molecule has 0 aliphatic rings. The number of aromatic nitrogens is 1. The average molecular weight is 231 g/mol. The summed E-state index contributed by atoms with van der Waals surface area (Å²) >= 11 is 0. The third-order valence-corrected chi connectivity index (χ3v) is 2.90. The zero-order valence-electron chi connectivity index (χ0n) is 9.94. The molecule has 0 bridgehead atoms. The lowest BCUT2D eigenvalue weighted by Crippen LogP contribution is -1.96. The van der Waals surface area contributed by atoms with E-state index in [0.717, 1.165) is 11.1 Å². The Balaban J connectivity index is 2.53. The first-order valence-corrected chi connectivity index (χ1v) is 5.28. The molecule has 0 unspecified atom stereocenters. The molecule has 1 aromatic heterocycles. The number of hydrogen-bond acceptors (Lipinski definition) is 3. The Bertz CT molecular complexity index is 584. The minimum Gasteiger partial charge on any atom is -0.475 e. The Hall–Kier alpha value is -2.10. The van der Waals surface area contributed by atoms with Crippen molar-refractivity contribution in [3.63, 3.8) is 0 Å². The van der Waals surface area contributed by atoms with E-state index in [9.17, 15) is 4.79 Å². The molecule has 1 N–H and O–H groups in total. The van der Waals surface area contributed by atoms with E-state index in [0.29, 0.717) is 11.3 Å². The van der Waals surface area contributed by atoms with Gasteiger partial charge in [-0.3, -0.25) is 0 Å². The molecule has 2 aromatic rings. The van der Waals surface area contributed by atoms with Crippen LogP contribution in [0.2, 0.25) is 0 Å². The summed E-state index contributed by atoms with van der Waals surface area (Å²) in [6, 6.07) is 5.88. The van der Waals surface area contributed by atoms with Gasteiger partial charge in [0.15, 0.2) is 0 Å². The molecular weight excluding hydrogens is 218 g/mol. The van der Waals surface area contributed by atoms with Crippen molar-refractivity contribution in [2.45, 2.75) is 20.8 Å². The van der Waals surface area contributed by atoms with Crippen LogP contribution in [0, 0.1) is 20.8 Å². The minimum absolute atomic E-state index is 0.0989. The molecule has 1 aromatic carbocycles. The first-order valence-electron chi connectivity index (χ1n) is 5.28. The maximum Gasteiger partial charge on any atom is 0.375 e. The first kappa shape index (κ1) is 11.4. The van der Waals surface area contributed by atoms with E-state index in [1.807, 2.05) is 32.0 Å². The molecule has 0 aliphatic heterocycles. The zero-order valence-corrected chi connectivity index (χ0v) is 9.94. The first-order chi connectivity index (χ1) is 8.00. The Labute approximate surface area is 98.9 Å². The van der Waals surface area contributed by atoms with Crippen LogP contribution in [0.3, 0.4) is 0 Å². The summed E-state index contributed by atoms with van der Waals surface area (Å²) in [5.74, 6) is -1.19. The number of nitrogens with zero attached hydrogens (tertiary/aromatic N) is 1. The van der Waals surface area contributed by atoms with Crippen molar-refractivity contribution in [2.75, 3.05) is 0 Å². The topological polar surface area (TPSA) is 63.3 Å². The van der Waals surface area contributed by atoms with Gasteiger partial charge in [0.2, 0.25) is 5.76 Å². The standard InChI is InChI=1S/C13H13NO3/c1-7-4-5-10(6-8(7)2)11-9(3)12(13(15)16)17-14-11/h4-6H,1-3H3,(H,15,16). The summed E-state index contributed by atoms with van der Waals surface area (Å²) in [5, 5.41) is 12.7. The van der Waals surface area contributed by atoms with Gasteiger partial charge in [0.05, 0.1) is 0 Å². The van der Waals surface area contributed by atoms with Crippen LogP contribution in [0.15, 0.2) is 22.7 Å². The molecule has 0 saturated heterocycles. The van der Waals surface area contributed by atoms with Crippen LogP contribution in [-0.2, 0) is 0 Å². The Morgan fingerprint density at radius 2 is 1.94 bits per heavy atom. The normalized spacial score (nSPS) is 10.5. The smallest absolute Gasteiger partial charge is 0.375 e. The van der Waals surface area contributed by atoms with E-state index in [-0.39, 0.29) is 5.76 Å². The molecule has 0 spiro atoms. The maximum absolute atomic E-state index is 10.9. The molecular formula is C13H13NO3. The lowest BCUT2D eigenvalue weighted by molar-refractivity contribution is 0.0651. The fraction of sp³-hybridized carbons (Fsp3) is 0.231. The van der Waals surface area contributed by atoms with E-state index in [4.69, 9.17) is 9.63 Å². The van der Waals surface area contributed by atoms with E-state index >= 15 is 0 Å². The Kier molecular flexibility index (Phi) is 2.71. The lowest BCUT2D eigenvalue weighted by atomic mass is 10.0.